The van der Waals surface area contributed by atoms with Crippen LogP contribution in [0.1, 0.15) is 21.5 Å². The van der Waals surface area contributed by atoms with Gasteiger partial charge < -0.3 is 14.5 Å². The normalized spacial score (nSPS) is 10.6. The van der Waals surface area contributed by atoms with Crippen LogP contribution in [-0.4, -0.2) is 50.0 Å². The number of halogens is 2. The number of rotatable bonds is 7. The molecule has 7 heteroatoms. The minimum atomic E-state index is -0.173. The Morgan fingerprint density at radius 1 is 1.11 bits per heavy atom. The number of hydrogen-bond acceptors (Lipinski definition) is 4. The summed E-state index contributed by atoms with van der Waals surface area (Å²) in [5.41, 5.74) is 1.92. The van der Waals surface area contributed by atoms with Crippen molar-refractivity contribution in [1.29, 1.82) is 5.26 Å². The molecule has 5 nitrogen and oxygen atoms in total. The average molecular weight is 406 g/mol. The number of nitriles is 1. The van der Waals surface area contributed by atoms with E-state index in [4.69, 9.17) is 33.2 Å². The summed E-state index contributed by atoms with van der Waals surface area (Å²) in [6.07, 6.45) is 0. The lowest BCUT2D eigenvalue weighted by Gasteiger charge is -2.25. The summed E-state index contributed by atoms with van der Waals surface area (Å²) in [6.45, 7) is 1.66. The van der Waals surface area contributed by atoms with Crippen LogP contribution in [0.5, 0.6) is 5.75 Å². The van der Waals surface area contributed by atoms with Gasteiger partial charge in [-0.15, -0.1) is 0 Å². The van der Waals surface area contributed by atoms with E-state index in [0.717, 1.165) is 5.56 Å². The van der Waals surface area contributed by atoms with Gasteiger partial charge in [0.25, 0.3) is 5.91 Å². The monoisotopic (exact) mass is 405 g/mol. The molecule has 0 aromatic heterocycles. The molecular weight excluding hydrogens is 385 g/mol. The van der Waals surface area contributed by atoms with Gasteiger partial charge in [-0.3, -0.25) is 4.79 Å². The van der Waals surface area contributed by atoms with E-state index in [-0.39, 0.29) is 5.91 Å². The summed E-state index contributed by atoms with van der Waals surface area (Å²) < 4.78 is 5.15. The minimum Gasteiger partial charge on any atom is -0.494 e. The Balaban J connectivity index is 2.29. The Morgan fingerprint density at radius 3 is 2.19 bits per heavy atom. The fourth-order valence-corrected chi connectivity index (χ4v) is 3.18. The molecule has 27 heavy (non-hydrogen) atoms. The zero-order chi connectivity index (χ0) is 20.0. The number of methoxy groups -OCH3 is 1. The van der Waals surface area contributed by atoms with E-state index < -0.39 is 0 Å². The van der Waals surface area contributed by atoms with Gasteiger partial charge >= 0.3 is 0 Å². The van der Waals surface area contributed by atoms with Crippen molar-refractivity contribution >= 4 is 29.1 Å². The van der Waals surface area contributed by atoms with Crippen LogP contribution in [0.4, 0.5) is 0 Å². The number of amides is 1. The van der Waals surface area contributed by atoms with E-state index in [1.54, 1.807) is 29.2 Å². The van der Waals surface area contributed by atoms with Crippen molar-refractivity contribution < 1.29 is 9.53 Å². The Hall–Kier alpha value is -2.26. The van der Waals surface area contributed by atoms with E-state index in [1.807, 2.05) is 31.1 Å². The number of ether oxygens (including phenoxy) is 1. The van der Waals surface area contributed by atoms with Crippen molar-refractivity contribution in [3.63, 3.8) is 0 Å². The molecule has 2 aromatic carbocycles. The van der Waals surface area contributed by atoms with Gasteiger partial charge in [0.15, 0.2) is 5.75 Å². The van der Waals surface area contributed by atoms with Gasteiger partial charge in [-0.25, -0.2) is 0 Å². The first-order valence-electron chi connectivity index (χ1n) is 8.31. The Morgan fingerprint density at radius 2 is 1.70 bits per heavy atom. The van der Waals surface area contributed by atoms with Gasteiger partial charge in [0.1, 0.15) is 0 Å². The Labute approximate surface area is 169 Å². The third-order valence-corrected chi connectivity index (χ3v) is 4.57. The topological polar surface area (TPSA) is 56.6 Å². The number of nitrogens with zero attached hydrogens (tertiary/aromatic N) is 3. The maximum absolute atomic E-state index is 13.1. The third-order valence-electron chi connectivity index (χ3n) is 4.01. The van der Waals surface area contributed by atoms with Crippen LogP contribution in [-0.2, 0) is 6.54 Å². The lowest BCUT2D eigenvalue weighted by molar-refractivity contribution is 0.0732. The zero-order valence-electron chi connectivity index (χ0n) is 15.5. The molecule has 0 fully saturated rings. The first-order valence-corrected chi connectivity index (χ1v) is 9.07. The Kier molecular flexibility index (Phi) is 7.49. The minimum absolute atomic E-state index is 0.173. The van der Waals surface area contributed by atoms with Gasteiger partial charge in [-0.05, 0) is 43.9 Å². The number of hydrogen-bond donors (Lipinski definition) is 0. The van der Waals surface area contributed by atoms with E-state index >= 15 is 0 Å². The highest BCUT2D eigenvalue weighted by molar-refractivity contribution is 6.37. The van der Waals surface area contributed by atoms with Crippen LogP contribution in [0.15, 0.2) is 36.4 Å². The van der Waals surface area contributed by atoms with Crippen molar-refractivity contribution in [3.05, 3.63) is 63.1 Å². The van der Waals surface area contributed by atoms with Crippen molar-refractivity contribution in [3.8, 4) is 11.8 Å². The zero-order valence-corrected chi connectivity index (χ0v) is 17.0. The maximum atomic E-state index is 13.1. The molecule has 2 rings (SSSR count). The van der Waals surface area contributed by atoms with Crippen LogP contribution in [0.25, 0.3) is 0 Å². The Bertz CT molecular complexity index is 822. The molecule has 0 aliphatic carbocycles. The molecule has 0 aliphatic heterocycles. The summed E-state index contributed by atoms with van der Waals surface area (Å²) in [7, 11) is 5.37. The third kappa shape index (κ3) is 5.61. The smallest absolute Gasteiger partial charge is 0.254 e. The highest BCUT2D eigenvalue weighted by atomic mass is 35.5. The molecule has 142 valence electrons. The van der Waals surface area contributed by atoms with Crippen LogP contribution < -0.4 is 4.74 Å². The van der Waals surface area contributed by atoms with E-state index in [0.29, 0.717) is 46.6 Å². The lowest BCUT2D eigenvalue weighted by atomic mass is 10.1. The molecule has 0 saturated heterocycles. The molecular formula is C20H21Cl2N3O2. The second-order valence-corrected chi connectivity index (χ2v) is 7.13. The van der Waals surface area contributed by atoms with Crippen molar-refractivity contribution in [2.24, 2.45) is 0 Å². The lowest BCUT2D eigenvalue weighted by Crippen LogP contribution is -2.36. The molecule has 0 atom stereocenters. The van der Waals surface area contributed by atoms with Crippen LogP contribution in [0.2, 0.25) is 10.0 Å². The maximum Gasteiger partial charge on any atom is 0.254 e. The second kappa shape index (κ2) is 9.61. The van der Waals surface area contributed by atoms with E-state index in [9.17, 15) is 4.79 Å². The summed E-state index contributed by atoms with van der Waals surface area (Å²) in [5.74, 6) is 0.175. The highest BCUT2D eigenvalue weighted by Gasteiger charge is 2.19. The average Bonchev–Trinajstić information content (AvgIpc) is 2.64. The quantitative estimate of drug-likeness (QED) is 0.696. The number of carbonyl (C=O) groups is 1. The van der Waals surface area contributed by atoms with Crippen molar-refractivity contribution in [2.75, 3.05) is 34.3 Å². The molecule has 0 saturated carbocycles. The molecule has 2 aromatic rings. The van der Waals surface area contributed by atoms with Gasteiger partial charge in [0.2, 0.25) is 0 Å². The SMILES string of the molecule is COc1c(Cl)cc(C(=O)N(CCN(C)C)Cc2ccc(C#N)cc2)cc1Cl. The summed E-state index contributed by atoms with van der Waals surface area (Å²) in [6, 6.07) is 12.4. The molecule has 0 unspecified atom stereocenters. The summed E-state index contributed by atoms with van der Waals surface area (Å²) in [4.78, 5) is 16.8. The fourth-order valence-electron chi connectivity index (χ4n) is 2.54. The fraction of sp³-hybridized carbons (Fsp3) is 0.300. The van der Waals surface area contributed by atoms with Gasteiger partial charge in [0, 0.05) is 25.2 Å². The molecule has 1 amide bonds. The van der Waals surface area contributed by atoms with Crippen LogP contribution in [0.3, 0.4) is 0 Å². The molecule has 0 aliphatic rings. The van der Waals surface area contributed by atoms with E-state index in [1.165, 1.54) is 7.11 Å². The number of likely N-dealkylation sites (N-methyl/N-ethyl adjacent to an activating group) is 1. The first-order chi connectivity index (χ1) is 12.8. The van der Waals surface area contributed by atoms with Crippen molar-refractivity contribution in [1.82, 2.24) is 9.80 Å². The predicted molar refractivity (Wildman–Crippen MR) is 107 cm³/mol. The van der Waals surface area contributed by atoms with Gasteiger partial charge in [-0.1, -0.05) is 35.3 Å². The second-order valence-electron chi connectivity index (χ2n) is 6.31. The van der Waals surface area contributed by atoms with Gasteiger partial charge in [0.05, 0.1) is 28.8 Å². The summed E-state index contributed by atoms with van der Waals surface area (Å²) in [5, 5.41) is 9.51. The molecule has 0 heterocycles. The first kappa shape index (κ1) is 21.0. The van der Waals surface area contributed by atoms with Crippen molar-refractivity contribution in [2.45, 2.75) is 6.54 Å². The molecule has 0 radical (unpaired) electrons. The highest BCUT2D eigenvalue weighted by Crippen LogP contribution is 2.34. The predicted octanol–water partition coefficient (Wildman–Crippen LogP) is 4.08. The largest absolute Gasteiger partial charge is 0.494 e. The van der Waals surface area contributed by atoms with E-state index in [2.05, 4.69) is 6.07 Å². The number of carbonyl (C=O) groups excluding carboxylic acids is 1. The van der Waals surface area contributed by atoms with Gasteiger partial charge in [-0.2, -0.15) is 5.26 Å². The molecule has 0 bridgehead atoms. The van der Waals surface area contributed by atoms with Crippen LogP contribution in [0, 0.1) is 11.3 Å². The number of benzene rings is 2. The molecule has 0 N–H and O–H groups in total. The van der Waals surface area contributed by atoms with Crippen LogP contribution >= 0.6 is 23.2 Å². The summed E-state index contributed by atoms with van der Waals surface area (Å²) >= 11 is 12.4. The standard InChI is InChI=1S/C20H21Cl2N3O2/c1-24(2)8-9-25(13-15-6-4-14(12-23)5-7-15)20(26)16-10-17(21)19(27-3)18(22)11-16/h4-7,10-11H,8-9,13H2,1-3H3. The molecule has 0 spiro atoms.